The van der Waals surface area contributed by atoms with E-state index in [4.69, 9.17) is 52.0 Å². The van der Waals surface area contributed by atoms with Crippen molar-refractivity contribution in [3.8, 4) is 0 Å². The Labute approximate surface area is 736 Å². The van der Waals surface area contributed by atoms with Crippen LogP contribution in [0.2, 0.25) is 0 Å². The van der Waals surface area contributed by atoms with E-state index in [2.05, 4.69) is 47.9 Å². The lowest BCUT2D eigenvalue weighted by Gasteiger charge is -2.42. The normalized spacial score (nSPS) is 27.1. The quantitative estimate of drug-likeness (QED) is 0.0201. The van der Waals surface area contributed by atoms with Crippen LogP contribution in [0.4, 0.5) is 0 Å². The van der Waals surface area contributed by atoms with Crippen LogP contribution < -0.4 is 47.9 Å². The van der Waals surface area contributed by atoms with E-state index in [1.165, 1.54) is 25.7 Å². The van der Waals surface area contributed by atoms with Crippen molar-refractivity contribution in [2.45, 2.75) is 323 Å². The molecular weight excluding hydrogens is 1690 g/mol. The van der Waals surface area contributed by atoms with Gasteiger partial charge in [-0.25, -0.2) is 0 Å². The summed E-state index contributed by atoms with van der Waals surface area (Å²) in [5.41, 5.74) is 0. The number of nitrogens with one attached hydrogen (secondary N) is 9. The van der Waals surface area contributed by atoms with Crippen LogP contribution in [0.25, 0.3) is 0 Å². The SMILES string of the molecule is CC(=O)N[C@H]1[C@H](OCCCCC(=O)NCCCNC(=O)CCO[C@@H]2[C@@H](OCCC(=O)NCCCNC(=O)CCCCO[C@@H]3O[C@H](CO)[C@H](O)[C@H](O)[C@H]3NC(C)=O)CN(C(=O)CCCCCCCCCCC(=O)N3C[C@H](O)C[C@H]3CO[PH](=O)O)CCC[C@H]2OCCC(=O)NCCCNC(=O)CCCCO[C@@H]2O[C@H](CO)[C@H](O)[C@H](O)[C@H]2NC(C)=O)O[C@H](CO)[C@H](O)[C@@H]1O. The molecule has 726 valence electrons. The maximum Gasteiger partial charge on any atom is 0.316 e. The Bertz CT molecular complexity index is 3240. The van der Waals surface area contributed by atoms with Crippen molar-refractivity contribution in [1.82, 2.24) is 57.7 Å². The minimum atomic E-state index is -3.18. The second-order valence-electron chi connectivity index (χ2n) is 32.3. The molecule has 45 heteroatoms. The Kier molecular flexibility index (Phi) is 54.8. The van der Waals surface area contributed by atoms with E-state index in [0.717, 1.165) is 38.5 Å². The molecule has 1 unspecified atom stereocenters. The molecule has 0 saturated carbocycles. The number of carbonyl (C=O) groups excluding carboxylic acids is 11. The predicted molar refractivity (Wildman–Crippen MR) is 446 cm³/mol. The van der Waals surface area contributed by atoms with E-state index in [-0.39, 0.29) is 204 Å². The molecule has 5 saturated heterocycles. The van der Waals surface area contributed by atoms with Crippen LogP contribution >= 0.6 is 8.25 Å². The Balaban J connectivity index is 1.15. The molecule has 0 aromatic carbocycles. The Morgan fingerprint density at radius 2 is 0.714 bits per heavy atom. The first-order valence-corrected chi connectivity index (χ1v) is 45.8. The fraction of sp³-hybridized carbons (Fsp3) is 0.864. The number of β-amino-alcohol motifs (C(OH)–C–C–N with tert-alkyl or cyclic N) is 1. The third-order valence-corrected chi connectivity index (χ3v) is 22.4. The maximum absolute atomic E-state index is 14.3. The van der Waals surface area contributed by atoms with Crippen molar-refractivity contribution in [2.75, 3.05) is 125 Å². The van der Waals surface area contributed by atoms with Crippen LogP contribution in [0.3, 0.4) is 0 Å². The molecule has 44 nitrogen and oxygen atoms in total. The van der Waals surface area contributed by atoms with Crippen molar-refractivity contribution < 1.29 is 160 Å². The van der Waals surface area contributed by atoms with Crippen molar-refractivity contribution in [3.05, 3.63) is 0 Å². The largest absolute Gasteiger partial charge is 0.394 e. The summed E-state index contributed by atoms with van der Waals surface area (Å²) in [5, 5.41) is 126. The van der Waals surface area contributed by atoms with Crippen molar-refractivity contribution in [3.63, 3.8) is 0 Å². The minimum Gasteiger partial charge on any atom is -0.394 e. The number of hydrogen-bond acceptors (Lipinski definition) is 32. The highest BCUT2D eigenvalue weighted by Crippen LogP contribution is 2.29. The highest BCUT2D eigenvalue weighted by Gasteiger charge is 2.49. The van der Waals surface area contributed by atoms with E-state index in [1.54, 1.807) is 4.90 Å². The molecule has 5 rings (SSSR count). The second-order valence-corrected chi connectivity index (χ2v) is 33.1. The van der Waals surface area contributed by atoms with Gasteiger partial charge in [-0.3, -0.25) is 57.3 Å². The molecule has 0 radical (unpaired) electrons. The Morgan fingerprint density at radius 1 is 0.381 bits per heavy atom. The predicted octanol–water partition coefficient (Wildman–Crippen LogP) is -4.54. The topological polar surface area (TPSA) is 634 Å². The lowest BCUT2D eigenvalue weighted by atomic mass is 9.97. The van der Waals surface area contributed by atoms with Gasteiger partial charge in [0.2, 0.25) is 65.0 Å². The molecule has 0 aromatic heterocycles. The molecule has 21 atom stereocenters. The summed E-state index contributed by atoms with van der Waals surface area (Å²) in [6, 6.07) is -3.78. The fourth-order valence-corrected chi connectivity index (χ4v) is 15.5. The van der Waals surface area contributed by atoms with Gasteiger partial charge in [0, 0.05) is 151 Å². The number of ether oxygens (including phenoxy) is 9. The molecule has 5 aliphatic heterocycles. The summed E-state index contributed by atoms with van der Waals surface area (Å²) in [6.45, 7) is 3.27. The van der Waals surface area contributed by atoms with Gasteiger partial charge in [-0.05, 0) is 89.9 Å². The molecule has 5 aliphatic rings. The zero-order valence-corrected chi connectivity index (χ0v) is 74.1. The number of aliphatic hydroxyl groups is 10. The molecule has 11 amide bonds. The van der Waals surface area contributed by atoms with Crippen LogP contribution in [-0.2, 0) is 104 Å². The number of carbonyl (C=O) groups is 11. The van der Waals surface area contributed by atoms with E-state index < -0.39 is 168 Å². The van der Waals surface area contributed by atoms with Crippen LogP contribution in [0.5, 0.6) is 0 Å². The fourth-order valence-electron chi connectivity index (χ4n) is 15.2. The average molecular weight is 1830 g/mol. The summed E-state index contributed by atoms with van der Waals surface area (Å²) in [4.78, 5) is 154. The Hall–Kier alpha value is -6.44. The van der Waals surface area contributed by atoms with Gasteiger partial charge in [-0.2, -0.15) is 0 Å². The number of rotatable bonds is 62. The summed E-state index contributed by atoms with van der Waals surface area (Å²) in [7, 11) is -3.18. The lowest BCUT2D eigenvalue weighted by molar-refractivity contribution is -0.270. The third kappa shape index (κ3) is 42.6. The molecule has 126 heavy (non-hydrogen) atoms. The van der Waals surface area contributed by atoms with Gasteiger partial charge in [-0.1, -0.05) is 38.5 Å². The molecule has 5 heterocycles. The maximum atomic E-state index is 14.3. The van der Waals surface area contributed by atoms with Gasteiger partial charge in [0.25, 0.3) is 0 Å². The van der Waals surface area contributed by atoms with E-state index in [0.29, 0.717) is 90.0 Å². The second kappa shape index (κ2) is 62.8. The van der Waals surface area contributed by atoms with Gasteiger partial charge >= 0.3 is 8.25 Å². The van der Waals surface area contributed by atoms with Gasteiger partial charge < -0.3 is 161 Å². The van der Waals surface area contributed by atoms with Crippen molar-refractivity contribution in [2.24, 2.45) is 0 Å². The molecule has 0 spiro atoms. The monoisotopic (exact) mass is 1830 g/mol. The summed E-state index contributed by atoms with van der Waals surface area (Å²) >= 11 is 0. The highest BCUT2D eigenvalue weighted by atomic mass is 31.1. The Morgan fingerprint density at radius 3 is 1.07 bits per heavy atom. The van der Waals surface area contributed by atoms with Crippen LogP contribution in [0, 0.1) is 0 Å². The van der Waals surface area contributed by atoms with Gasteiger partial charge in [0.15, 0.2) is 18.9 Å². The number of hydrogen-bond donors (Lipinski definition) is 20. The number of amides is 11. The molecule has 5 fully saturated rings. The van der Waals surface area contributed by atoms with Crippen LogP contribution in [0.15, 0.2) is 0 Å². The number of unbranched alkanes of at least 4 members (excludes halogenated alkanes) is 10. The van der Waals surface area contributed by atoms with Gasteiger partial charge in [-0.15, -0.1) is 0 Å². The zero-order chi connectivity index (χ0) is 92.3. The average Bonchev–Trinajstić information content (AvgIpc) is 0.928. The van der Waals surface area contributed by atoms with E-state index in [9.17, 15) is 108 Å². The van der Waals surface area contributed by atoms with E-state index >= 15 is 0 Å². The van der Waals surface area contributed by atoms with Crippen LogP contribution in [0.1, 0.15) is 201 Å². The molecule has 0 bridgehead atoms. The molecule has 0 aromatic rings. The standard InChI is InChI=1S/C81H144N11O33P/c1-51(96)88-69-75(111)72(108)58(47-93)123-79(69)119-38-15-12-23-61(100)82-31-19-34-85-64(103)28-41-116-56-22-18-37-91(67(106)26-10-8-6-4-5-7-9-11-27-68(107)92-45-55(99)44-54(92)50-122-126(114)115)46-57(117-42-29-65(104)86-35-20-32-83-62(101)24-13-16-39-120-80-70(89-52(2)97)76(112)73(109)59(48-94)124-80)78(56)118-43-30-66(105)87-36-21-33-84-63(102)25-14-17-40-121-81-71(90-53(3)98)77(113)74(110)60(49-95)125-81/h54-60,69-81,93-95,99,108-113,126H,4-50H2,1-3H3,(H,82,100)(H,83,101)(H,84,102)(H,85,103)(H,86,104)(H,87,105)(H,88,96)(H,89,97)(H,90,98)(H,114,115)/t54-,55+,56+,57-,58+,59+,60+,69+,70+,71+,72-,73-,74-,75+,76+,77+,78-,79+,80+,81+/m0/s1. The number of nitrogens with zero attached hydrogens (tertiary/aromatic N) is 2. The summed E-state index contributed by atoms with van der Waals surface area (Å²) in [5.74, 6) is -3.68. The first kappa shape index (κ1) is 110. The smallest absolute Gasteiger partial charge is 0.316 e. The first-order chi connectivity index (χ1) is 60.4. The van der Waals surface area contributed by atoms with Crippen LogP contribution in [-0.4, -0.2) is 378 Å². The molecule has 0 aliphatic carbocycles. The number of aliphatic hydroxyl groups excluding tert-OH is 10. The van der Waals surface area contributed by atoms with Gasteiger partial charge in [0.1, 0.15) is 85.3 Å². The van der Waals surface area contributed by atoms with E-state index in [1.807, 2.05) is 0 Å². The molecular formula is C81H144N11O33P. The minimum absolute atomic E-state index is 0.00307. The first-order valence-electron chi connectivity index (χ1n) is 44.5. The summed E-state index contributed by atoms with van der Waals surface area (Å²) < 4.78 is 69.6. The molecule has 20 N–H and O–H groups in total. The van der Waals surface area contributed by atoms with Gasteiger partial charge in [0.05, 0.1) is 64.5 Å². The number of likely N-dealkylation sites (tertiary alicyclic amines) is 2. The lowest BCUT2D eigenvalue weighted by Crippen LogP contribution is -2.64. The zero-order valence-electron chi connectivity index (χ0n) is 73.1. The highest BCUT2D eigenvalue weighted by molar-refractivity contribution is 7.32. The summed E-state index contributed by atoms with van der Waals surface area (Å²) in [6.07, 6.45) is -7.83. The van der Waals surface area contributed by atoms with Crippen molar-refractivity contribution >= 4 is 73.2 Å². The third-order valence-electron chi connectivity index (χ3n) is 22.0. The van der Waals surface area contributed by atoms with Crippen molar-refractivity contribution in [1.29, 1.82) is 0 Å².